The summed E-state index contributed by atoms with van der Waals surface area (Å²) in [6.45, 7) is 1.90. The van der Waals surface area contributed by atoms with Gasteiger partial charge in [-0.1, -0.05) is 13.3 Å². The molecule has 1 aliphatic heterocycles. The maximum absolute atomic E-state index is 12.4. The zero-order valence-electron chi connectivity index (χ0n) is 10.3. The first-order chi connectivity index (χ1) is 8.24. The highest BCUT2D eigenvalue weighted by molar-refractivity contribution is 7.89. The summed E-state index contributed by atoms with van der Waals surface area (Å²) >= 11 is 0. The summed E-state index contributed by atoms with van der Waals surface area (Å²) in [5.41, 5.74) is 0. The van der Waals surface area contributed by atoms with Gasteiger partial charge in [0.1, 0.15) is 6.04 Å². The number of alkyl halides is 3. The van der Waals surface area contributed by atoms with Crippen LogP contribution in [0.3, 0.4) is 0 Å². The number of hydrogen-bond acceptors (Lipinski definition) is 3. The van der Waals surface area contributed by atoms with E-state index < -0.39 is 28.3 Å². The van der Waals surface area contributed by atoms with Crippen molar-refractivity contribution in [3.05, 3.63) is 0 Å². The van der Waals surface area contributed by atoms with Crippen LogP contribution in [0.2, 0.25) is 0 Å². The minimum Gasteiger partial charge on any atom is -0.305 e. The van der Waals surface area contributed by atoms with Gasteiger partial charge in [0.25, 0.3) is 0 Å². The van der Waals surface area contributed by atoms with Gasteiger partial charge in [-0.05, 0) is 19.3 Å². The smallest absolute Gasteiger partial charge is 0.305 e. The van der Waals surface area contributed by atoms with Crippen molar-refractivity contribution < 1.29 is 21.6 Å². The van der Waals surface area contributed by atoms with Gasteiger partial charge in [0.05, 0.1) is 5.75 Å². The molecule has 2 atom stereocenters. The molecule has 0 spiro atoms. The lowest BCUT2D eigenvalue weighted by molar-refractivity contribution is -0.160. The quantitative estimate of drug-likeness (QED) is 0.804. The number of piperidine rings is 1. The first kappa shape index (κ1) is 15.7. The molecule has 0 aliphatic carbocycles. The van der Waals surface area contributed by atoms with E-state index >= 15 is 0 Å². The van der Waals surface area contributed by atoms with Crippen LogP contribution in [0.4, 0.5) is 13.2 Å². The molecule has 1 aliphatic rings. The Morgan fingerprint density at radius 1 is 1.33 bits per heavy atom. The summed E-state index contributed by atoms with van der Waals surface area (Å²) in [6.07, 6.45) is -2.82. The maximum Gasteiger partial charge on any atom is 0.403 e. The molecular formula is C10H19F3N2O2S. The molecule has 0 amide bonds. The Hall–Kier alpha value is -0.340. The van der Waals surface area contributed by atoms with Gasteiger partial charge in [-0.15, -0.1) is 0 Å². The van der Waals surface area contributed by atoms with Gasteiger partial charge in [0.2, 0.25) is 10.0 Å². The maximum atomic E-state index is 12.4. The number of sulfonamides is 1. The second-order valence-corrected chi connectivity index (χ2v) is 6.44. The van der Waals surface area contributed by atoms with E-state index in [1.807, 2.05) is 6.92 Å². The fourth-order valence-corrected chi connectivity index (χ4v) is 3.38. The number of nitrogens with one attached hydrogen (secondary N) is 2. The molecule has 0 saturated carbocycles. The Morgan fingerprint density at radius 2 is 2.00 bits per heavy atom. The highest BCUT2D eigenvalue weighted by Crippen LogP contribution is 2.26. The first-order valence-electron chi connectivity index (χ1n) is 6.04. The van der Waals surface area contributed by atoms with E-state index in [0.29, 0.717) is 6.42 Å². The fraction of sp³-hybridized carbons (Fsp3) is 1.00. The molecule has 0 aromatic heterocycles. The first-order valence-corrected chi connectivity index (χ1v) is 7.70. The van der Waals surface area contributed by atoms with Crippen LogP contribution in [0.15, 0.2) is 0 Å². The van der Waals surface area contributed by atoms with E-state index in [1.54, 1.807) is 0 Å². The van der Waals surface area contributed by atoms with Gasteiger partial charge in [-0.2, -0.15) is 13.2 Å². The molecule has 2 N–H and O–H groups in total. The monoisotopic (exact) mass is 288 g/mol. The lowest BCUT2D eigenvalue weighted by Crippen LogP contribution is -2.54. The second kappa shape index (κ2) is 6.21. The van der Waals surface area contributed by atoms with Crippen LogP contribution in [0.25, 0.3) is 0 Å². The number of rotatable bonds is 5. The standard InChI is InChI=1S/C10H19F3N2O2S/c1-2-3-6-18(16,17)15-8-4-5-9(14-7-8)10(11,12)13/h8-9,14-15H,2-7H2,1H3. The molecular weight excluding hydrogens is 269 g/mol. The van der Waals surface area contributed by atoms with Gasteiger partial charge < -0.3 is 5.32 Å². The van der Waals surface area contributed by atoms with E-state index in [1.165, 1.54) is 0 Å². The average molecular weight is 288 g/mol. The average Bonchev–Trinajstić information content (AvgIpc) is 2.25. The van der Waals surface area contributed by atoms with Crippen LogP contribution in [0, 0.1) is 0 Å². The van der Waals surface area contributed by atoms with Crippen molar-refractivity contribution in [1.82, 2.24) is 10.0 Å². The van der Waals surface area contributed by atoms with Crippen molar-refractivity contribution in [2.75, 3.05) is 12.3 Å². The normalized spacial score (nSPS) is 26.2. The molecule has 1 heterocycles. The molecule has 18 heavy (non-hydrogen) atoms. The molecule has 0 radical (unpaired) electrons. The molecule has 4 nitrogen and oxygen atoms in total. The van der Waals surface area contributed by atoms with Gasteiger partial charge in [0.15, 0.2) is 0 Å². The molecule has 0 aromatic rings. The molecule has 2 unspecified atom stereocenters. The van der Waals surface area contributed by atoms with Gasteiger partial charge in [-0.25, -0.2) is 13.1 Å². The molecule has 0 aromatic carbocycles. The predicted molar refractivity (Wildman–Crippen MR) is 62.7 cm³/mol. The molecule has 1 saturated heterocycles. The van der Waals surface area contributed by atoms with E-state index in [4.69, 9.17) is 0 Å². The van der Waals surface area contributed by atoms with Crippen LogP contribution in [-0.4, -0.2) is 39.0 Å². The second-order valence-electron chi connectivity index (χ2n) is 4.57. The topological polar surface area (TPSA) is 58.2 Å². The van der Waals surface area contributed by atoms with Crippen molar-refractivity contribution >= 4 is 10.0 Å². The Morgan fingerprint density at radius 3 is 2.44 bits per heavy atom. The summed E-state index contributed by atoms with van der Waals surface area (Å²) < 4.78 is 62.7. The number of halogens is 3. The highest BCUT2D eigenvalue weighted by Gasteiger charge is 2.41. The van der Waals surface area contributed by atoms with E-state index in [0.717, 1.165) is 6.42 Å². The molecule has 0 bridgehead atoms. The van der Waals surface area contributed by atoms with Crippen LogP contribution in [-0.2, 0) is 10.0 Å². The van der Waals surface area contributed by atoms with Crippen LogP contribution in [0.5, 0.6) is 0 Å². The lowest BCUT2D eigenvalue weighted by atomic mass is 10.0. The minimum atomic E-state index is -4.26. The summed E-state index contributed by atoms with van der Waals surface area (Å²) in [4.78, 5) is 0. The van der Waals surface area contributed by atoms with Crippen molar-refractivity contribution in [2.45, 2.75) is 50.9 Å². The third-order valence-electron chi connectivity index (χ3n) is 2.92. The van der Waals surface area contributed by atoms with E-state index in [2.05, 4.69) is 10.0 Å². The Bertz CT molecular complexity index is 349. The third-order valence-corrected chi connectivity index (χ3v) is 4.44. The SMILES string of the molecule is CCCCS(=O)(=O)NC1CCC(C(F)(F)F)NC1. The van der Waals surface area contributed by atoms with Gasteiger partial charge in [0, 0.05) is 12.6 Å². The summed E-state index contributed by atoms with van der Waals surface area (Å²) in [5.74, 6) is 0.0305. The molecule has 1 fully saturated rings. The predicted octanol–water partition coefficient (Wildman–Crippen LogP) is 1.39. The zero-order chi connectivity index (χ0) is 13.8. The van der Waals surface area contributed by atoms with Crippen LogP contribution in [0.1, 0.15) is 32.6 Å². The van der Waals surface area contributed by atoms with Gasteiger partial charge >= 0.3 is 6.18 Å². The van der Waals surface area contributed by atoms with E-state index in [9.17, 15) is 21.6 Å². The minimum absolute atomic E-state index is 0.0233. The molecule has 1 rings (SSSR count). The van der Waals surface area contributed by atoms with Crippen molar-refractivity contribution in [3.63, 3.8) is 0 Å². The number of hydrogen-bond donors (Lipinski definition) is 2. The lowest BCUT2D eigenvalue weighted by Gasteiger charge is -2.31. The Labute approximate surface area is 105 Å². The van der Waals surface area contributed by atoms with Gasteiger partial charge in [-0.3, -0.25) is 0 Å². The van der Waals surface area contributed by atoms with Crippen molar-refractivity contribution in [2.24, 2.45) is 0 Å². The zero-order valence-corrected chi connectivity index (χ0v) is 11.1. The summed E-state index contributed by atoms with van der Waals surface area (Å²) in [6, 6.07) is -1.96. The van der Waals surface area contributed by atoms with Crippen LogP contribution >= 0.6 is 0 Å². The largest absolute Gasteiger partial charge is 0.403 e. The molecule has 8 heteroatoms. The molecule has 108 valence electrons. The number of unbranched alkanes of at least 4 members (excludes halogenated alkanes) is 1. The summed E-state index contributed by atoms with van der Waals surface area (Å²) in [7, 11) is -3.37. The van der Waals surface area contributed by atoms with Crippen molar-refractivity contribution in [1.29, 1.82) is 0 Å². The Kier molecular flexibility index (Phi) is 5.42. The Balaban J connectivity index is 2.40. The fourth-order valence-electron chi connectivity index (χ4n) is 1.88. The summed E-state index contributed by atoms with van der Waals surface area (Å²) in [5, 5.41) is 2.34. The third kappa shape index (κ3) is 5.11. The van der Waals surface area contributed by atoms with Crippen molar-refractivity contribution in [3.8, 4) is 0 Å². The highest BCUT2D eigenvalue weighted by atomic mass is 32.2. The van der Waals surface area contributed by atoms with E-state index in [-0.39, 0.29) is 25.1 Å². The van der Waals surface area contributed by atoms with Crippen LogP contribution < -0.4 is 10.0 Å².